The number of rotatable bonds is 8. The first-order valence-corrected chi connectivity index (χ1v) is 8.50. The minimum atomic E-state index is -0.0189. The van der Waals surface area contributed by atoms with Crippen LogP contribution in [0.15, 0.2) is 12.1 Å². The van der Waals surface area contributed by atoms with Gasteiger partial charge < -0.3 is 10.6 Å². The summed E-state index contributed by atoms with van der Waals surface area (Å²) in [5.41, 5.74) is 1.63. The Hall–Kier alpha value is -1.23. The van der Waals surface area contributed by atoms with Crippen LogP contribution in [0, 0.1) is 0 Å². The van der Waals surface area contributed by atoms with Crippen LogP contribution in [0.2, 0.25) is 0 Å². The summed E-state index contributed by atoms with van der Waals surface area (Å²) in [4.78, 5) is 16.7. The van der Waals surface area contributed by atoms with E-state index < -0.39 is 0 Å². The smallest absolute Gasteiger partial charge is 0.251 e. The van der Waals surface area contributed by atoms with Crippen LogP contribution in [-0.2, 0) is 0 Å². The van der Waals surface area contributed by atoms with E-state index in [-0.39, 0.29) is 5.91 Å². The third kappa shape index (κ3) is 5.41. The van der Waals surface area contributed by atoms with Gasteiger partial charge in [0.05, 0.1) is 0 Å². The number of hydrogen-bond donors (Lipinski definition) is 2. The van der Waals surface area contributed by atoms with Crippen molar-refractivity contribution in [3.63, 3.8) is 0 Å². The van der Waals surface area contributed by atoms with E-state index in [0.717, 1.165) is 36.8 Å². The molecule has 0 aliphatic rings. The van der Waals surface area contributed by atoms with Crippen molar-refractivity contribution in [3.8, 4) is 0 Å². The zero-order valence-electron chi connectivity index (χ0n) is 12.8. The largest absolute Gasteiger partial charge is 0.370 e. The molecule has 1 rings (SSSR count). The fraction of sp³-hybridized carbons (Fsp3) is 0.600. The molecule has 0 bridgehead atoms. The molecule has 0 spiro atoms. The first-order chi connectivity index (χ1) is 9.58. The van der Waals surface area contributed by atoms with Gasteiger partial charge in [0.1, 0.15) is 5.82 Å². The van der Waals surface area contributed by atoms with Gasteiger partial charge in [0, 0.05) is 24.3 Å². The van der Waals surface area contributed by atoms with E-state index in [4.69, 9.17) is 0 Å². The molecule has 112 valence electrons. The van der Waals surface area contributed by atoms with E-state index in [0.29, 0.717) is 11.5 Å². The number of nitrogens with zero attached hydrogens (tertiary/aromatic N) is 1. The predicted octanol–water partition coefficient (Wildman–Crippen LogP) is 3.12. The SMILES string of the molecule is CCNc1cc(C(=O)NCCCSC)cc(C(C)C)n1. The number of thioether (sulfide) groups is 1. The number of aromatic nitrogens is 1. The third-order valence-electron chi connectivity index (χ3n) is 2.87. The third-order valence-corrected chi connectivity index (χ3v) is 3.56. The van der Waals surface area contributed by atoms with Gasteiger partial charge >= 0.3 is 0 Å². The topological polar surface area (TPSA) is 54.0 Å². The van der Waals surface area contributed by atoms with Crippen molar-refractivity contribution < 1.29 is 4.79 Å². The molecule has 0 unspecified atom stereocenters. The summed E-state index contributed by atoms with van der Waals surface area (Å²) in [6, 6.07) is 3.70. The van der Waals surface area contributed by atoms with Crippen molar-refractivity contribution in [1.82, 2.24) is 10.3 Å². The molecule has 0 aliphatic carbocycles. The van der Waals surface area contributed by atoms with Gasteiger partial charge in [-0.25, -0.2) is 4.98 Å². The number of carbonyl (C=O) groups is 1. The molecule has 5 heteroatoms. The molecule has 0 fully saturated rings. The molecule has 0 aliphatic heterocycles. The van der Waals surface area contributed by atoms with Crippen molar-refractivity contribution in [2.24, 2.45) is 0 Å². The predicted molar refractivity (Wildman–Crippen MR) is 87.8 cm³/mol. The average molecular weight is 295 g/mol. The van der Waals surface area contributed by atoms with Gasteiger partial charge in [0.25, 0.3) is 5.91 Å². The van der Waals surface area contributed by atoms with Crippen LogP contribution < -0.4 is 10.6 Å². The molecular weight excluding hydrogens is 270 g/mol. The second kappa shape index (κ2) is 8.84. The molecule has 0 radical (unpaired) electrons. The Morgan fingerprint density at radius 1 is 1.40 bits per heavy atom. The number of amides is 1. The van der Waals surface area contributed by atoms with E-state index in [1.165, 1.54) is 0 Å². The minimum absolute atomic E-state index is 0.0189. The van der Waals surface area contributed by atoms with Gasteiger partial charge in [0.15, 0.2) is 0 Å². The van der Waals surface area contributed by atoms with Gasteiger partial charge in [0.2, 0.25) is 0 Å². The molecule has 0 aromatic carbocycles. The quantitative estimate of drug-likeness (QED) is 0.724. The normalized spacial score (nSPS) is 10.7. The van der Waals surface area contributed by atoms with Crippen molar-refractivity contribution in [2.75, 3.05) is 30.4 Å². The lowest BCUT2D eigenvalue weighted by Gasteiger charge is -2.12. The van der Waals surface area contributed by atoms with Crippen LogP contribution in [0.5, 0.6) is 0 Å². The number of pyridine rings is 1. The molecular formula is C15H25N3OS. The maximum absolute atomic E-state index is 12.2. The highest BCUT2D eigenvalue weighted by atomic mass is 32.2. The summed E-state index contributed by atoms with van der Waals surface area (Å²) in [5.74, 6) is 2.12. The Bertz CT molecular complexity index is 435. The van der Waals surface area contributed by atoms with Crippen LogP contribution >= 0.6 is 11.8 Å². The van der Waals surface area contributed by atoms with Gasteiger partial charge in [-0.05, 0) is 43.4 Å². The summed E-state index contributed by atoms with van der Waals surface area (Å²) in [5, 5.41) is 6.14. The zero-order chi connectivity index (χ0) is 15.0. The summed E-state index contributed by atoms with van der Waals surface area (Å²) >= 11 is 1.79. The molecule has 1 aromatic heterocycles. The van der Waals surface area contributed by atoms with E-state index >= 15 is 0 Å². The maximum Gasteiger partial charge on any atom is 0.251 e. The highest BCUT2D eigenvalue weighted by Gasteiger charge is 2.11. The van der Waals surface area contributed by atoms with Crippen LogP contribution in [0.25, 0.3) is 0 Å². The lowest BCUT2D eigenvalue weighted by Crippen LogP contribution is -2.25. The first-order valence-electron chi connectivity index (χ1n) is 7.11. The van der Waals surface area contributed by atoms with E-state index in [9.17, 15) is 4.79 Å². The summed E-state index contributed by atoms with van der Waals surface area (Å²) < 4.78 is 0. The summed E-state index contributed by atoms with van der Waals surface area (Å²) in [6.45, 7) is 7.70. The number of anilines is 1. The first kappa shape index (κ1) is 16.8. The van der Waals surface area contributed by atoms with Gasteiger partial charge in [-0.15, -0.1) is 0 Å². The van der Waals surface area contributed by atoms with Crippen molar-refractivity contribution in [3.05, 3.63) is 23.4 Å². The summed E-state index contributed by atoms with van der Waals surface area (Å²) in [6.07, 6.45) is 3.07. The second-order valence-electron chi connectivity index (χ2n) is 4.95. The second-order valence-corrected chi connectivity index (χ2v) is 5.94. The van der Waals surface area contributed by atoms with Crippen molar-refractivity contribution in [2.45, 2.75) is 33.1 Å². The van der Waals surface area contributed by atoms with Gasteiger partial charge in [-0.3, -0.25) is 4.79 Å². The van der Waals surface area contributed by atoms with Crippen molar-refractivity contribution in [1.29, 1.82) is 0 Å². The Morgan fingerprint density at radius 3 is 2.75 bits per heavy atom. The molecule has 1 amide bonds. The lowest BCUT2D eigenvalue weighted by atomic mass is 10.1. The van der Waals surface area contributed by atoms with Crippen LogP contribution in [0.4, 0.5) is 5.82 Å². The van der Waals surface area contributed by atoms with Crippen LogP contribution in [0.3, 0.4) is 0 Å². The molecule has 0 saturated carbocycles. The Labute approximate surface area is 126 Å². The summed E-state index contributed by atoms with van der Waals surface area (Å²) in [7, 11) is 0. The van der Waals surface area contributed by atoms with Crippen LogP contribution in [-0.4, -0.2) is 36.0 Å². The monoisotopic (exact) mass is 295 g/mol. The lowest BCUT2D eigenvalue weighted by molar-refractivity contribution is 0.0953. The van der Waals surface area contributed by atoms with Gasteiger partial charge in [-0.2, -0.15) is 11.8 Å². The molecule has 20 heavy (non-hydrogen) atoms. The van der Waals surface area contributed by atoms with E-state index in [1.54, 1.807) is 11.8 Å². The number of carbonyl (C=O) groups excluding carboxylic acids is 1. The molecule has 2 N–H and O–H groups in total. The average Bonchev–Trinajstić information content (AvgIpc) is 2.43. The highest BCUT2D eigenvalue weighted by molar-refractivity contribution is 7.98. The fourth-order valence-electron chi connectivity index (χ4n) is 1.77. The maximum atomic E-state index is 12.2. The number of nitrogens with one attached hydrogen (secondary N) is 2. The van der Waals surface area contributed by atoms with Crippen molar-refractivity contribution >= 4 is 23.5 Å². The van der Waals surface area contributed by atoms with Crippen LogP contribution in [0.1, 0.15) is 49.2 Å². The Kier molecular flexibility index (Phi) is 7.44. The molecule has 1 aromatic rings. The molecule has 0 saturated heterocycles. The fourth-order valence-corrected chi connectivity index (χ4v) is 2.20. The highest BCUT2D eigenvalue weighted by Crippen LogP contribution is 2.17. The number of hydrogen-bond acceptors (Lipinski definition) is 4. The zero-order valence-corrected chi connectivity index (χ0v) is 13.6. The van der Waals surface area contributed by atoms with E-state index in [1.807, 2.05) is 19.1 Å². The molecule has 1 heterocycles. The standard InChI is InChI=1S/C15H25N3OS/c1-5-16-14-10-12(9-13(18-14)11(2)3)15(19)17-7-6-8-20-4/h9-11H,5-8H2,1-4H3,(H,16,18)(H,17,19). The minimum Gasteiger partial charge on any atom is -0.370 e. The van der Waals surface area contributed by atoms with Gasteiger partial charge in [-0.1, -0.05) is 13.8 Å². The molecule has 4 nitrogen and oxygen atoms in total. The molecule has 0 atom stereocenters. The Balaban J connectivity index is 2.78. The van der Waals surface area contributed by atoms with E-state index in [2.05, 4.69) is 35.7 Å². The Morgan fingerprint density at radius 2 is 2.15 bits per heavy atom.